The fourth-order valence-corrected chi connectivity index (χ4v) is 4.39. The first-order valence-corrected chi connectivity index (χ1v) is 11.0. The third kappa shape index (κ3) is 3.67. The number of hydrogen-bond acceptors (Lipinski definition) is 6. The molecule has 1 aliphatic rings. The van der Waals surface area contributed by atoms with Crippen molar-refractivity contribution >= 4 is 40.0 Å². The third-order valence-electron chi connectivity index (χ3n) is 4.66. The molecule has 3 heterocycles. The minimum atomic E-state index is -0.465. The Morgan fingerprint density at radius 2 is 2.04 bits per heavy atom. The number of thiazole rings is 1. The highest BCUT2D eigenvalue weighted by Gasteiger charge is 2.34. The van der Waals surface area contributed by atoms with E-state index in [1.54, 1.807) is 46.6 Å². The summed E-state index contributed by atoms with van der Waals surface area (Å²) < 4.78 is 1.97. The minimum absolute atomic E-state index is 0.126. The lowest BCUT2D eigenvalue weighted by atomic mass is 10.1. The van der Waals surface area contributed by atoms with Crippen LogP contribution < -0.4 is 5.32 Å². The molecule has 9 heteroatoms. The van der Waals surface area contributed by atoms with Crippen LogP contribution in [0.25, 0.3) is 5.69 Å². The molecule has 7 nitrogen and oxygen atoms in total. The lowest BCUT2D eigenvalue weighted by molar-refractivity contribution is -0.119. The number of anilines is 1. The summed E-state index contributed by atoms with van der Waals surface area (Å²) in [5.41, 5.74) is 1.52. The summed E-state index contributed by atoms with van der Waals surface area (Å²) in [6, 6.07) is 6.93. The standard InChI is InChI=1S/C19H19N5O2S2/c1-27-19-21-8-11-23(19)14-6-4-13(5-7-14)17(26)24-10-2-3-15(24)16(25)22-18-20-9-12-28-18/h4-9,11-12,15H,2-3,10H2,1H3,(H,20,22,25). The topological polar surface area (TPSA) is 80.1 Å². The van der Waals surface area contributed by atoms with Gasteiger partial charge in [0.05, 0.1) is 0 Å². The fraction of sp³-hybridized carbons (Fsp3) is 0.263. The second-order valence-corrected chi connectivity index (χ2v) is 7.98. The van der Waals surface area contributed by atoms with Gasteiger partial charge in [0.15, 0.2) is 10.3 Å². The summed E-state index contributed by atoms with van der Waals surface area (Å²) >= 11 is 2.92. The van der Waals surface area contributed by atoms with Crippen molar-refractivity contribution in [1.82, 2.24) is 19.4 Å². The van der Waals surface area contributed by atoms with Crippen LogP contribution in [-0.4, -0.2) is 50.1 Å². The van der Waals surface area contributed by atoms with Crippen molar-refractivity contribution in [3.05, 3.63) is 53.8 Å². The summed E-state index contributed by atoms with van der Waals surface area (Å²) in [4.78, 5) is 35.6. The number of nitrogens with zero attached hydrogens (tertiary/aromatic N) is 4. The number of nitrogens with one attached hydrogen (secondary N) is 1. The smallest absolute Gasteiger partial charge is 0.254 e. The Morgan fingerprint density at radius 1 is 1.21 bits per heavy atom. The molecule has 1 fully saturated rings. The van der Waals surface area contributed by atoms with E-state index >= 15 is 0 Å². The predicted molar refractivity (Wildman–Crippen MR) is 110 cm³/mol. The highest BCUT2D eigenvalue weighted by Crippen LogP contribution is 2.24. The van der Waals surface area contributed by atoms with Crippen LogP contribution >= 0.6 is 23.1 Å². The molecule has 2 amide bonds. The van der Waals surface area contributed by atoms with Crippen LogP contribution in [0, 0.1) is 0 Å². The van der Waals surface area contributed by atoms with Crippen molar-refractivity contribution in [3.8, 4) is 5.69 Å². The van der Waals surface area contributed by atoms with Gasteiger partial charge < -0.3 is 10.2 Å². The van der Waals surface area contributed by atoms with Crippen molar-refractivity contribution in [3.63, 3.8) is 0 Å². The summed E-state index contributed by atoms with van der Waals surface area (Å²) in [6.45, 7) is 0.578. The zero-order valence-electron chi connectivity index (χ0n) is 15.2. The molecular formula is C19H19N5O2S2. The number of benzene rings is 1. The first-order valence-electron chi connectivity index (χ1n) is 8.86. The normalized spacial score (nSPS) is 16.3. The van der Waals surface area contributed by atoms with E-state index in [0.29, 0.717) is 23.7 Å². The number of carbonyl (C=O) groups is 2. The molecule has 1 atom stereocenters. The van der Waals surface area contributed by atoms with E-state index in [1.165, 1.54) is 11.3 Å². The fourth-order valence-electron chi connectivity index (χ4n) is 3.32. The van der Waals surface area contributed by atoms with Crippen LogP contribution in [-0.2, 0) is 4.79 Å². The van der Waals surface area contributed by atoms with E-state index in [0.717, 1.165) is 17.3 Å². The van der Waals surface area contributed by atoms with Gasteiger partial charge in [0, 0.05) is 41.8 Å². The average Bonchev–Trinajstić information content (AvgIpc) is 3.48. The molecule has 2 aromatic heterocycles. The first kappa shape index (κ1) is 18.7. The van der Waals surface area contributed by atoms with E-state index in [2.05, 4.69) is 15.3 Å². The second kappa shape index (κ2) is 8.15. The molecule has 144 valence electrons. The molecule has 0 bridgehead atoms. The van der Waals surface area contributed by atoms with Gasteiger partial charge in [-0.3, -0.25) is 14.2 Å². The number of carbonyl (C=O) groups excluding carboxylic acids is 2. The van der Waals surface area contributed by atoms with Crippen LogP contribution in [0.15, 0.2) is 53.4 Å². The molecule has 1 N–H and O–H groups in total. The van der Waals surface area contributed by atoms with E-state index in [9.17, 15) is 9.59 Å². The molecule has 1 unspecified atom stereocenters. The number of thioether (sulfide) groups is 1. The van der Waals surface area contributed by atoms with Gasteiger partial charge in [-0.05, 0) is 43.4 Å². The quantitative estimate of drug-likeness (QED) is 0.649. The summed E-state index contributed by atoms with van der Waals surface area (Å²) in [5, 5.41) is 6.05. The van der Waals surface area contributed by atoms with Crippen molar-refractivity contribution < 1.29 is 9.59 Å². The van der Waals surface area contributed by atoms with Gasteiger partial charge in [-0.2, -0.15) is 0 Å². The highest BCUT2D eigenvalue weighted by atomic mass is 32.2. The third-order valence-corrected chi connectivity index (χ3v) is 6.02. The number of aromatic nitrogens is 3. The Kier molecular flexibility index (Phi) is 5.45. The molecule has 3 aromatic rings. The van der Waals surface area contributed by atoms with E-state index in [-0.39, 0.29) is 11.8 Å². The van der Waals surface area contributed by atoms with Crippen molar-refractivity contribution in [2.45, 2.75) is 24.0 Å². The van der Waals surface area contributed by atoms with Gasteiger partial charge in [-0.25, -0.2) is 9.97 Å². The molecule has 0 aliphatic carbocycles. The zero-order chi connectivity index (χ0) is 19.5. The number of imidazole rings is 1. The van der Waals surface area contributed by atoms with E-state index in [4.69, 9.17) is 0 Å². The van der Waals surface area contributed by atoms with E-state index < -0.39 is 6.04 Å². The van der Waals surface area contributed by atoms with E-state index in [1.807, 2.05) is 29.2 Å². The summed E-state index contributed by atoms with van der Waals surface area (Å²) in [5.74, 6) is -0.306. The lowest BCUT2D eigenvalue weighted by Gasteiger charge is -2.23. The molecule has 0 saturated carbocycles. The van der Waals surface area contributed by atoms with Crippen molar-refractivity contribution in [2.24, 2.45) is 0 Å². The Labute approximate surface area is 170 Å². The summed E-state index contributed by atoms with van der Waals surface area (Å²) in [6.07, 6.45) is 8.73. The van der Waals surface area contributed by atoms with Crippen LogP contribution in [0.1, 0.15) is 23.2 Å². The predicted octanol–water partition coefficient (Wildman–Crippen LogP) is 3.29. The Morgan fingerprint density at radius 3 is 2.75 bits per heavy atom. The van der Waals surface area contributed by atoms with Crippen molar-refractivity contribution in [1.29, 1.82) is 0 Å². The average molecular weight is 414 g/mol. The van der Waals surface area contributed by atoms with Gasteiger partial charge in [-0.15, -0.1) is 11.3 Å². The van der Waals surface area contributed by atoms with Crippen LogP contribution in [0.2, 0.25) is 0 Å². The molecule has 0 spiro atoms. The Bertz CT molecular complexity index is 969. The summed E-state index contributed by atoms with van der Waals surface area (Å²) in [7, 11) is 0. The second-order valence-electron chi connectivity index (χ2n) is 6.31. The number of rotatable bonds is 5. The maximum Gasteiger partial charge on any atom is 0.254 e. The molecule has 28 heavy (non-hydrogen) atoms. The SMILES string of the molecule is CSc1nccn1-c1ccc(C(=O)N2CCCC2C(=O)Nc2nccs2)cc1. The van der Waals surface area contributed by atoms with Gasteiger partial charge in [0.2, 0.25) is 5.91 Å². The zero-order valence-corrected chi connectivity index (χ0v) is 16.9. The van der Waals surface area contributed by atoms with Gasteiger partial charge in [0.1, 0.15) is 6.04 Å². The molecule has 0 radical (unpaired) electrons. The molecule has 4 rings (SSSR count). The number of amides is 2. The van der Waals surface area contributed by atoms with Crippen LogP contribution in [0.5, 0.6) is 0 Å². The molecule has 1 aliphatic heterocycles. The molecular weight excluding hydrogens is 394 g/mol. The maximum absolute atomic E-state index is 13.0. The number of likely N-dealkylation sites (tertiary alicyclic amines) is 1. The molecule has 1 saturated heterocycles. The minimum Gasteiger partial charge on any atom is -0.327 e. The monoisotopic (exact) mass is 413 g/mol. The first-order chi connectivity index (χ1) is 13.7. The number of hydrogen-bond donors (Lipinski definition) is 1. The van der Waals surface area contributed by atoms with Gasteiger partial charge in [-0.1, -0.05) is 11.8 Å². The highest BCUT2D eigenvalue weighted by molar-refractivity contribution is 7.98. The Hall–Kier alpha value is -2.65. The lowest BCUT2D eigenvalue weighted by Crippen LogP contribution is -2.43. The largest absolute Gasteiger partial charge is 0.327 e. The molecule has 1 aromatic carbocycles. The van der Waals surface area contributed by atoms with Crippen LogP contribution in [0.3, 0.4) is 0 Å². The van der Waals surface area contributed by atoms with Gasteiger partial charge >= 0.3 is 0 Å². The van der Waals surface area contributed by atoms with Gasteiger partial charge in [0.25, 0.3) is 5.91 Å². The Balaban J connectivity index is 1.49. The maximum atomic E-state index is 13.0. The van der Waals surface area contributed by atoms with Crippen molar-refractivity contribution in [2.75, 3.05) is 18.1 Å². The van der Waals surface area contributed by atoms with Crippen LogP contribution in [0.4, 0.5) is 5.13 Å².